The van der Waals surface area contributed by atoms with Crippen LogP contribution in [0.15, 0.2) is 30.3 Å². The SMILES string of the molecule is CO[C@]1(C)C[C@@H](C)CN(C)[C@H](c2ccccc2)COC(=O)C(C)(C)C(=O)[C@H](C)[C@H]1O[C@@H]1O[C@H](C)C[C@H](N(C)C)[C@H]1O. The highest BCUT2D eigenvalue weighted by atomic mass is 16.7. The van der Waals surface area contributed by atoms with Crippen molar-refractivity contribution in [3.63, 3.8) is 0 Å². The summed E-state index contributed by atoms with van der Waals surface area (Å²) in [7, 11) is 7.48. The van der Waals surface area contributed by atoms with Gasteiger partial charge in [0, 0.05) is 25.6 Å². The number of Topliss-reactive ketones (excluding diaryl/α,β-unsaturated/α-hetero) is 1. The number of ether oxygens (including phenoxy) is 4. The fraction of sp³-hybridized carbons (Fsp3) is 0.750. The summed E-state index contributed by atoms with van der Waals surface area (Å²) < 4.78 is 24.7. The minimum Gasteiger partial charge on any atom is -0.463 e. The molecule has 0 amide bonds. The molecule has 0 aromatic heterocycles. The second kappa shape index (κ2) is 13.6. The van der Waals surface area contributed by atoms with Crippen molar-refractivity contribution >= 4 is 11.8 Å². The monoisotopic (exact) mass is 576 g/mol. The third-order valence-corrected chi connectivity index (χ3v) is 9.06. The molecule has 2 fully saturated rings. The first-order chi connectivity index (χ1) is 19.1. The standard InChI is InChI=1S/C32H52N2O7/c1-20-17-32(6,38-10)28(41-29-26(35)24(33(7)8)16-21(2)40-29)22(3)27(36)31(4,5)30(37)39-19-25(34(9)18-20)23-14-12-11-13-15-23/h11-15,20-22,24-26,28-29,35H,16-19H2,1-10H3/t20-,21-,22+,24+,25+,26-,28-,29+,32-/m1/s1. The van der Waals surface area contributed by atoms with Crippen LogP contribution in [0.4, 0.5) is 0 Å². The fourth-order valence-electron chi connectivity index (χ4n) is 6.58. The van der Waals surface area contributed by atoms with E-state index in [2.05, 4.69) is 11.8 Å². The van der Waals surface area contributed by atoms with Gasteiger partial charge in [-0.25, -0.2) is 0 Å². The van der Waals surface area contributed by atoms with Crippen molar-refractivity contribution in [1.82, 2.24) is 9.80 Å². The third-order valence-electron chi connectivity index (χ3n) is 9.06. The van der Waals surface area contributed by atoms with Gasteiger partial charge < -0.3 is 29.0 Å². The third kappa shape index (κ3) is 7.56. The summed E-state index contributed by atoms with van der Waals surface area (Å²) in [4.78, 5) is 31.7. The Morgan fingerprint density at radius 3 is 2.29 bits per heavy atom. The first-order valence-corrected chi connectivity index (χ1v) is 14.8. The number of hydrogen-bond donors (Lipinski definition) is 1. The molecule has 2 heterocycles. The average Bonchev–Trinajstić information content (AvgIpc) is 2.92. The first kappa shape index (κ1) is 33.6. The Morgan fingerprint density at radius 2 is 1.71 bits per heavy atom. The van der Waals surface area contributed by atoms with Gasteiger partial charge in [0.15, 0.2) is 12.1 Å². The van der Waals surface area contributed by atoms with Gasteiger partial charge in [0.2, 0.25) is 0 Å². The molecule has 0 radical (unpaired) electrons. The van der Waals surface area contributed by atoms with E-state index < -0.39 is 41.4 Å². The molecule has 0 aliphatic carbocycles. The van der Waals surface area contributed by atoms with E-state index in [-0.39, 0.29) is 36.5 Å². The molecule has 0 spiro atoms. The van der Waals surface area contributed by atoms with Gasteiger partial charge in [0.05, 0.1) is 23.9 Å². The Kier molecular flexibility index (Phi) is 11.2. The number of aliphatic hydroxyl groups is 1. The molecule has 2 aliphatic rings. The smallest absolute Gasteiger partial charge is 0.319 e. The number of esters is 1. The lowest BCUT2D eigenvalue weighted by Gasteiger charge is -2.47. The Bertz CT molecular complexity index is 1020. The predicted molar refractivity (Wildman–Crippen MR) is 157 cm³/mol. The molecule has 1 N–H and O–H groups in total. The lowest BCUT2D eigenvalue weighted by molar-refractivity contribution is -0.295. The van der Waals surface area contributed by atoms with E-state index >= 15 is 0 Å². The van der Waals surface area contributed by atoms with Crippen molar-refractivity contribution in [2.24, 2.45) is 17.3 Å². The Labute approximate surface area is 246 Å². The van der Waals surface area contributed by atoms with Crippen molar-refractivity contribution < 1.29 is 33.6 Å². The zero-order chi connectivity index (χ0) is 30.7. The summed E-state index contributed by atoms with van der Waals surface area (Å²) in [5.41, 5.74) is -1.32. The van der Waals surface area contributed by atoms with Crippen LogP contribution in [0.3, 0.4) is 0 Å². The quantitative estimate of drug-likeness (QED) is 0.416. The van der Waals surface area contributed by atoms with Crippen molar-refractivity contribution in [3.05, 3.63) is 35.9 Å². The molecular weight excluding hydrogens is 524 g/mol. The summed E-state index contributed by atoms with van der Waals surface area (Å²) in [6.07, 6.45) is -1.63. The molecule has 1 aromatic rings. The molecule has 9 heteroatoms. The van der Waals surface area contributed by atoms with Crippen molar-refractivity contribution in [3.8, 4) is 0 Å². The number of rotatable bonds is 5. The van der Waals surface area contributed by atoms with Gasteiger partial charge in [-0.3, -0.25) is 14.5 Å². The van der Waals surface area contributed by atoms with Crippen LogP contribution in [0.25, 0.3) is 0 Å². The van der Waals surface area contributed by atoms with Crippen molar-refractivity contribution in [2.45, 2.75) is 96.7 Å². The minimum absolute atomic E-state index is 0.125. The Hall–Kier alpha value is -1.88. The number of carbonyl (C=O) groups excluding carboxylic acids is 2. The molecule has 2 saturated heterocycles. The number of nitrogens with zero attached hydrogens (tertiary/aromatic N) is 2. The number of benzene rings is 1. The van der Waals surface area contributed by atoms with E-state index in [0.717, 1.165) is 5.56 Å². The van der Waals surface area contributed by atoms with Gasteiger partial charge in [-0.1, -0.05) is 44.2 Å². The van der Waals surface area contributed by atoms with Gasteiger partial charge in [-0.05, 0) is 73.2 Å². The molecule has 2 aliphatic heterocycles. The molecule has 3 rings (SSSR count). The maximum absolute atomic E-state index is 14.1. The van der Waals surface area contributed by atoms with Crippen LogP contribution >= 0.6 is 0 Å². The largest absolute Gasteiger partial charge is 0.463 e. The highest BCUT2D eigenvalue weighted by Gasteiger charge is 2.51. The molecule has 9 nitrogen and oxygen atoms in total. The van der Waals surface area contributed by atoms with Crippen LogP contribution in [0.2, 0.25) is 0 Å². The number of cyclic esters (lactones) is 1. The highest BCUT2D eigenvalue weighted by molar-refractivity contribution is 6.04. The van der Waals surface area contributed by atoms with E-state index in [9.17, 15) is 14.7 Å². The van der Waals surface area contributed by atoms with E-state index in [1.54, 1.807) is 27.9 Å². The topological polar surface area (TPSA) is 97.8 Å². The van der Waals surface area contributed by atoms with Gasteiger partial charge in [-0.2, -0.15) is 0 Å². The van der Waals surface area contributed by atoms with E-state index in [1.165, 1.54) is 0 Å². The number of ketones is 1. The van der Waals surface area contributed by atoms with Crippen LogP contribution < -0.4 is 0 Å². The van der Waals surface area contributed by atoms with Crippen molar-refractivity contribution in [2.75, 3.05) is 41.4 Å². The van der Waals surface area contributed by atoms with Crippen LogP contribution in [-0.2, 0) is 28.5 Å². The van der Waals surface area contributed by atoms with E-state index in [1.807, 2.05) is 70.2 Å². The van der Waals surface area contributed by atoms with Crippen molar-refractivity contribution in [1.29, 1.82) is 0 Å². The summed E-state index contributed by atoms with van der Waals surface area (Å²) in [5.74, 6) is -1.53. The number of methoxy groups -OCH3 is 1. The molecule has 9 atom stereocenters. The summed E-state index contributed by atoms with van der Waals surface area (Å²) in [5, 5.41) is 11.3. The Balaban J connectivity index is 2.03. The molecule has 41 heavy (non-hydrogen) atoms. The molecule has 0 bridgehead atoms. The van der Waals surface area contributed by atoms with Gasteiger partial charge in [0.25, 0.3) is 0 Å². The summed E-state index contributed by atoms with van der Waals surface area (Å²) in [6, 6.07) is 9.60. The second-order valence-electron chi connectivity index (χ2n) is 13.2. The number of hydrogen-bond acceptors (Lipinski definition) is 9. The zero-order valence-electron chi connectivity index (χ0n) is 26.6. The first-order valence-electron chi connectivity index (χ1n) is 14.8. The second-order valence-corrected chi connectivity index (χ2v) is 13.2. The van der Waals surface area contributed by atoms with E-state index in [4.69, 9.17) is 18.9 Å². The lowest BCUT2D eigenvalue weighted by Crippen LogP contribution is -2.59. The molecule has 1 aromatic carbocycles. The molecule has 232 valence electrons. The number of likely N-dealkylation sites (N-methyl/N-ethyl adjacent to an activating group) is 2. The van der Waals surface area contributed by atoms with E-state index in [0.29, 0.717) is 19.4 Å². The summed E-state index contributed by atoms with van der Waals surface area (Å²) in [6.45, 7) is 11.8. The van der Waals surface area contributed by atoms with Crippen LogP contribution in [0, 0.1) is 17.3 Å². The average molecular weight is 577 g/mol. The fourth-order valence-corrected chi connectivity index (χ4v) is 6.58. The maximum atomic E-state index is 14.1. The minimum atomic E-state index is -1.43. The highest BCUT2D eigenvalue weighted by Crippen LogP contribution is 2.38. The summed E-state index contributed by atoms with van der Waals surface area (Å²) >= 11 is 0. The Morgan fingerprint density at radius 1 is 1.07 bits per heavy atom. The maximum Gasteiger partial charge on any atom is 0.319 e. The number of carbonyl (C=O) groups is 2. The molecular formula is C32H52N2O7. The van der Waals surface area contributed by atoms with Gasteiger partial charge in [-0.15, -0.1) is 0 Å². The van der Waals surface area contributed by atoms with Crippen LogP contribution in [0.1, 0.15) is 66.0 Å². The normalized spacial score (nSPS) is 38.0. The zero-order valence-corrected chi connectivity index (χ0v) is 26.6. The van der Waals surface area contributed by atoms with Gasteiger partial charge in [0.1, 0.15) is 18.1 Å². The molecule has 0 saturated carbocycles. The molecule has 0 unspecified atom stereocenters. The van der Waals surface area contributed by atoms with Crippen LogP contribution in [0.5, 0.6) is 0 Å². The van der Waals surface area contributed by atoms with Crippen LogP contribution in [-0.4, -0.2) is 104 Å². The number of aliphatic hydroxyl groups excluding tert-OH is 1. The van der Waals surface area contributed by atoms with Gasteiger partial charge >= 0.3 is 5.97 Å². The predicted octanol–water partition coefficient (Wildman–Crippen LogP) is 3.69. The lowest BCUT2D eigenvalue weighted by atomic mass is 9.74.